The summed E-state index contributed by atoms with van der Waals surface area (Å²) in [6, 6.07) is 20.7. The third kappa shape index (κ3) is 4.44. The Morgan fingerprint density at radius 2 is 1.74 bits per heavy atom. The van der Waals surface area contributed by atoms with E-state index in [0.717, 1.165) is 40.6 Å². The van der Waals surface area contributed by atoms with Gasteiger partial charge in [-0.05, 0) is 60.5 Å². The van der Waals surface area contributed by atoms with Crippen molar-refractivity contribution in [3.8, 4) is 0 Å². The van der Waals surface area contributed by atoms with Crippen molar-refractivity contribution in [2.45, 2.75) is 38.6 Å². The minimum Gasteiger partial charge on any atom is -0.347 e. The first-order chi connectivity index (χ1) is 16.8. The number of benzene rings is 2. The molecule has 1 fully saturated rings. The van der Waals surface area contributed by atoms with Crippen LogP contribution in [0, 0.1) is 5.92 Å². The third-order valence-electron chi connectivity index (χ3n) is 6.73. The summed E-state index contributed by atoms with van der Waals surface area (Å²) in [6.07, 6.45) is 12.6. The molecule has 0 unspecified atom stereocenters. The van der Waals surface area contributed by atoms with E-state index < -0.39 is 0 Å². The van der Waals surface area contributed by atoms with E-state index in [0.29, 0.717) is 5.95 Å². The standard InChI is InChI=1S/C28H28N6/c1-2-6-20(7-3-1)19-34-15-13-21-10-11-23(17-26(21)34)32-28-29-14-12-27(33-28)31-24-16-22-8-4-5-9-25(22)30-18-24/h4-5,8-18,20H,1-3,6-7,19H2,(H2,29,31,32,33). The van der Waals surface area contributed by atoms with E-state index in [9.17, 15) is 0 Å². The van der Waals surface area contributed by atoms with Gasteiger partial charge in [0.25, 0.3) is 0 Å². The van der Waals surface area contributed by atoms with Gasteiger partial charge in [-0.2, -0.15) is 4.98 Å². The molecule has 2 N–H and O–H groups in total. The van der Waals surface area contributed by atoms with Crippen LogP contribution in [0.5, 0.6) is 0 Å². The van der Waals surface area contributed by atoms with Crippen molar-refractivity contribution in [3.05, 3.63) is 79.3 Å². The predicted molar refractivity (Wildman–Crippen MR) is 139 cm³/mol. The van der Waals surface area contributed by atoms with Gasteiger partial charge in [0.1, 0.15) is 5.82 Å². The summed E-state index contributed by atoms with van der Waals surface area (Å²) in [4.78, 5) is 13.6. The van der Waals surface area contributed by atoms with Crippen LogP contribution in [0.25, 0.3) is 21.8 Å². The van der Waals surface area contributed by atoms with Gasteiger partial charge in [-0.15, -0.1) is 0 Å². The molecule has 0 atom stereocenters. The molecule has 5 aromatic rings. The van der Waals surface area contributed by atoms with E-state index in [-0.39, 0.29) is 0 Å². The molecule has 1 aliphatic carbocycles. The molecule has 2 aromatic carbocycles. The van der Waals surface area contributed by atoms with Crippen LogP contribution in [0.2, 0.25) is 0 Å². The van der Waals surface area contributed by atoms with E-state index in [1.807, 2.05) is 30.5 Å². The van der Waals surface area contributed by atoms with Gasteiger partial charge in [0, 0.05) is 30.0 Å². The molecule has 3 aromatic heterocycles. The highest BCUT2D eigenvalue weighted by Gasteiger charge is 2.15. The molecule has 6 heteroatoms. The van der Waals surface area contributed by atoms with Crippen LogP contribution in [0.1, 0.15) is 32.1 Å². The van der Waals surface area contributed by atoms with Gasteiger partial charge in [0.05, 0.1) is 22.9 Å². The van der Waals surface area contributed by atoms with Crippen molar-refractivity contribution in [1.82, 2.24) is 19.5 Å². The van der Waals surface area contributed by atoms with Crippen molar-refractivity contribution in [2.24, 2.45) is 5.92 Å². The van der Waals surface area contributed by atoms with Gasteiger partial charge in [-0.25, -0.2) is 4.98 Å². The Morgan fingerprint density at radius 1 is 0.824 bits per heavy atom. The predicted octanol–water partition coefficient (Wildman–Crippen LogP) is 7.05. The third-order valence-corrected chi connectivity index (χ3v) is 6.73. The number of para-hydroxylation sites is 1. The van der Waals surface area contributed by atoms with E-state index in [2.05, 4.69) is 72.7 Å². The molecule has 0 saturated heterocycles. The summed E-state index contributed by atoms with van der Waals surface area (Å²) < 4.78 is 2.40. The Hall–Kier alpha value is -3.93. The van der Waals surface area contributed by atoms with Crippen LogP contribution in [0.3, 0.4) is 0 Å². The second-order valence-electron chi connectivity index (χ2n) is 9.18. The van der Waals surface area contributed by atoms with Crippen molar-refractivity contribution >= 4 is 44.9 Å². The quantitative estimate of drug-likeness (QED) is 0.291. The highest BCUT2D eigenvalue weighted by molar-refractivity contribution is 5.84. The maximum absolute atomic E-state index is 4.66. The van der Waals surface area contributed by atoms with Gasteiger partial charge >= 0.3 is 0 Å². The Labute approximate surface area is 199 Å². The Balaban J connectivity index is 1.20. The second kappa shape index (κ2) is 9.14. The van der Waals surface area contributed by atoms with E-state index in [1.165, 1.54) is 43.0 Å². The van der Waals surface area contributed by atoms with Crippen molar-refractivity contribution < 1.29 is 0 Å². The molecule has 0 spiro atoms. The Kier molecular flexibility index (Phi) is 5.55. The minimum absolute atomic E-state index is 0.559. The first-order valence-electron chi connectivity index (χ1n) is 12.1. The fourth-order valence-electron chi connectivity index (χ4n) is 4.97. The SMILES string of the molecule is c1ccc2ncc(Nc3ccnc(Nc4ccc5ccn(CC6CCCCC6)c5c4)n3)cc2c1. The van der Waals surface area contributed by atoms with E-state index >= 15 is 0 Å². The number of rotatable bonds is 6. The van der Waals surface area contributed by atoms with Crippen LogP contribution in [-0.4, -0.2) is 19.5 Å². The van der Waals surface area contributed by atoms with Crippen molar-refractivity contribution in [1.29, 1.82) is 0 Å². The fraction of sp³-hybridized carbons (Fsp3) is 0.250. The molecule has 6 nitrogen and oxygen atoms in total. The number of nitrogens with zero attached hydrogens (tertiary/aromatic N) is 4. The molecule has 0 aliphatic heterocycles. The molecule has 0 amide bonds. The average Bonchev–Trinajstić information content (AvgIpc) is 3.27. The number of anilines is 4. The molecule has 6 rings (SSSR count). The molecular weight excluding hydrogens is 420 g/mol. The van der Waals surface area contributed by atoms with Gasteiger partial charge < -0.3 is 15.2 Å². The lowest BCUT2D eigenvalue weighted by Crippen LogP contribution is -2.13. The Bertz CT molecular complexity index is 1430. The monoisotopic (exact) mass is 448 g/mol. The first kappa shape index (κ1) is 20.7. The summed E-state index contributed by atoms with van der Waals surface area (Å²) in [5.74, 6) is 2.07. The van der Waals surface area contributed by atoms with Crippen LogP contribution in [0.4, 0.5) is 23.1 Å². The van der Waals surface area contributed by atoms with Gasteiger partial charge in [-0.1, -0.05) is 43.5 Å². The maximum Gasteiger partial charge on any atom is 0.229 e. The summed E-state index contributed by atoms with van der Waals surface area (Å²) in [7, 11) is 0. The zero-order valence-corrected chi connectivity index (χ0v) is 19.1. The minimum atomic E-state index is 0.559. The number of aromatic nitrogens is 4. The maximum atomic E-state index is 4.66. The number of hydrogen-bond acceptors (Lipinski definition) is 5. The highest BCUT2D eigenvalue weighted by atomic mass is 15.1. The molecule has 1 saturated carbocycles. The van der Waals surface area contributed by atoms with Gasteiger partial charge in [0.15, 0.2) is 0 Å². The summed E-state index contributed by atoms with van der Waals surface area (Å²) in [5, 5.41) is 9.08. The van der Waals surface area contributed by atoms with E-state index in [1.54, 1.807) is 6.20 Å². The summed E-state index contributed by atoms with van der Waals surface area (Å²) in [6.45, 7) is 1.10. The van der Waals surface area contributed by atoms with E-state index in [4.69, 9.17) is 0 Å². The van der Waals surface area contributed by atoms with Gasteiger partial charge in [0.2, 0.25) is 5.95 Å². The molecular formula is C28H28N6. The Morgan fingerprint density at radius 3 is 2.68 bits per heavy atom. The number of fused-ring (bicyclic) bond motifs is 2. The largest absolute Gasteiger partial charge is 0.347 e. The smallest absolute Gasteiger partial charge is 0.229 e. The molecule has 3 heterocycles. The molecule has 1 aliphatic rings. The number of nitrogens with one attached hydrogen (secondary N) is 2. The van der Waals surface area contributed by atoms with Gasteiger partial charge in [-0.3, -0.25) is 4.98 Å². The lowest BCUT2D eigenvalue weighted by atomic mass is 9.89. The molecule has 170 valence electrons. The topological polar surface area (TPSA) is 67.7 Å². The van der Waals surface area contributed by atoms with Crippen molar-refractivity contribution in [3.63, 3.8) is 0 Å². The molecule has 0 bridgehead atoms. The summed E-state index contributed by atoms with van der Waals surface area (Å²) >= 11 is 0. The first-order valence-corrected chi connectivity index (χ1v) is 12.1. The second-order valence-corrected chi connectivity index (χ2v) is 9.18. The lowest BCUT2D eigenvalue weighted by Gasteiger charge is -2.22. The number of hydrogen-bond donors (Lipinski definition) is 2. The van der Waals surface area contributed by atoms with Crippen LogP contribution in [-0.2, 0) is 6.54 Å². The van der Waals surface area contributed by atoms with Crippen LogP contribution >= 0.6 is 0 Å². The molecule has 34 heavy (non-hydrogen) atoms. The summed E-state index contributed by atoms with van der Waals surface area (Å²) in [5.41, 5.74) is 4.11. The zero-order valence-electron chi connectivity index (χ0n) is 19.1. The number of pyridine rings is 1. The van der Waals surface area contributed by atoms with Crippen molar-refractivity contribution in [2.75, 3.05) is 10.6 Å². The fourth-order valence-corrected chi connectivity index (χ4v) is 4.97. The van der Waals surface area contributed by atoms with Crippen LogP contribution < -0.4 is 10.6 Å². The van der Waals surface area contributed by atoms with Crippen LogP contribution in [0.15, 0.2) is 79.3 Å². The lowest BCUT2D eigenvalue weighted by molar-refractivity contribution is 0.322. The normalized spacial score (nSPS) is 14.5. The average molecular weight is 449 g/mol. The molecule has 0 radical (unpaired) electrons. The zero-order chi connectivity index (χ0) is 22.7. The highest BCUT2D eigenvalue weighted by Crippen LogP contribution is 2.28.